The largest absolute Gasteiger partial charge is 0.344 e. The topological polar surface area (TPSA) is 28.7 Å². The first-order valence-corrected chi connectivity index (χ1v) is 6.94. The molecule has 3 aromatic rings. The van der Waals surface area contributed by atoms with E-state index < -0.39 is 0 Å². The Bertz CT molecular complexity index is 793. The molecule has 0 unspecified atom stereocenters. The highest BCUT2D eigenvalue weighted by Gasteiger charge is 2.11. The van der Waals surface area contributed by atoms with Gasteiger partial charge < -0.3 is 4.57 Å². The summed E-state index contributed by atoms with van der Waals surface area (Å²) in [5.41, 5.74) is 3.14. The van der Waals surface area contributed by atoms with Crippen molar-refractivity contribution >= 4 is 33.6 Å². The highest BCUT2D eigenvalue weighted by Crippen LogP contribution is 2.32. The van der Waals surface area contributed by atoms with Crippen molar-refractivity contribution in [2.24, 2.45) is 7.05 Å². The molecule has 3 heteroatoms. The molecule has 18 heavy (non-hydrogen) atoms. The Balaban J connectivity index is 2.54. The Labute approximate surface area is 110 Å². The third-order valence-corrected chi connectivity index (χ3v) is 4.13. The minimum Gasteiger partial charge on any atom is -0.344 e. The smallest absolute Gasteiger partial charge is 0.100 e. The number of aryl methyl sites for hydroxylation is 1. The van der Waals surface area contributed by atoms with Crippen molar-refractivity contribution in [3.05, 3.63) is 42.0 Å². The summed E-state index contributed by atoms with van der Waals surface area (Å²) in [6.45, 7) is 0. The predicted octanol–water partition coefficient (Wildman–Crippen LogP) is 3.93. The van der Waals surface area contributed by atoms with Crippen LogP contribution in [-0.4, -0.2) is 10.8 Å². The van der Waals surface area contributed by atoms with Crippen molar-refractivity contribution in [1.29, 1.82) is 5.26 Å². The number of hydrogen-bond acceptors (Lipinski definition) is 2. The van der Waals surface area contributed by atoms with Gasteiger partial charge in [0.15, 0.2) is 0 Å². The molecule has 2 nitrogen and oxygen atoms in total. The van der Waals surface area contributed by atoms with Gasteiger partial charge in [0.2, 0.25) is 0 Å². The molecule has 1 aromatic heterocycles. The molecule has 3 rings (SSSR count). The van der Waals surface area contributed by atoms with Crippen molar-refractivity contribution in [3.63, 3.8) is 0 Å². The third-order valence-electron chi connectivity index (χ3n) is 3.36. The van der Waals surface area contributed by atoms with Crippen LogP contribution in [0.3, 0.4) is 0 Å². The number of nitrogens with zero attached hydrogens (tertiary/aromatic N) is 2. The molecule has 1 heterocycles. The fraction of sp³-hybridized carbons (Fsp3) is 0.133. The number of benzene rings is 2. The summed E-state index contributed by atoms with van der Waals surface area (Å²) in [7, 11) is 2.07. The van der Waals surface area contributed by atoms with Crippen LogP contribution in [0.5, 0.6) is 0 Å². The van der Waals surface area contributed by atoms with E-state index in [2.05, 4.69) is 35.9 Å². The monoisotopic (exact) mass is 252 g/mol. The number of hydrogen-bond donors (Lipinski definition) is 0. The number of nitriles is 1. The second kappa shape index (κ2) is 4.08. The van der Waals surface area contributed by atoms with Crippen LogP contribution < -0.4 is 0 Å². The molecule has 0 aliphatic carbocycles. The lowest BCUT2D eigenvalue weighted by atomic mass is 10.1. The molecule has 0 N–H and O–H groups in total. The molecular weight excluding hydrogens is 240 g/mol. The molecule has 0 aliphatic heterocycles. The van der Waals surface area contributed by atoms with Gasteiger partial charge in [-0.15, -0.1) is 11.8 Å². The molecule has 0 saturated carbocycles. The molecule has 0 fully saturated rings. The van der Waals surface area contributed by atoms with E-state index in [0.29, 0.717) is 0 Å². The average Bonchev–Trinajstić information content (AvgIpc) is 2.71. The number of rotatable bonds is 1. The van der Waals surface area contributed by atoms with Crippen LogP contribution >= 0.6 is 11.8 Å². The summed E-state index contributed by atoms with van der Waals surface area (Å²) in [4.78, 5) is 1.04. The van der Waals surface area contributed by atoms with Crippen LogP contribution in [0.2, 0.25) is 0 Å². The molecule has 88 valence electrons. The molecular formula is C15H12N2S. The van der Waals surface area contributed by atoms with Gasteiger partial charge in [-0.1, -0.05) is 18.2 Å². The Morgan fingerprint density at radius 1 is 1.11 bits per heavy atom. The first kappa shape index (κ1) is 11.2. The quantitative estimate of drug-likeness (QED) is 0.614. The maximum absolute atomic E-state index is 9.22. The number of aromatic nitrogens is 1. The van der Waals surface area contributed by atoms with E-state index in [4.69, 9.17) is 0 Å². The van der Waals surface area contributed by atoms with Gasteiger partial charge in [0.25, 0.3) is 0 Å². The molecule has 0 bridgehead atoms. The summed E-state index contributed by atoms with van der Waals surface area (Å²) in [5, 5.41) is 11.6. The lowest BCUT2D eigenvalue weighted by Crippen LogP contribution is -1.88. The second-order valence-electron chi connectivity index (χ2n) is 4.26. The molecule has 0 amide bonds. The standard InChI is InChI=1S/C15H12N2S/c1-17-13-6-4-3-5-11(13)12-7-10(9-16)15(18-2)8-14(12)17/h3-8H,1-2H3. The number of para-hydroxylation sites is 1. The predicted molar refractivity (Wildman–Crippen MR) is 76.9 cm³/mol. The van der Waals surface area contributed by atoms with Crippen molar-refractivity contribution < 1.29 is 0 Å². The highest BCUT2D eigenvalue weighted by molar-refractivity contribution is 7.98. The van der Waals surface area contributed by atoms with E-state index >= 15 is 0 Å². The van der Waals surface area contributed by atoms with E-state index in [-0.39, 0.29) is 0 Å². The van der Waals surface area contributed by atoms with E-state index in [0.717, 1.165) is 15.8 Å². The second-order valence-corrected chi connectivity index (χ2v) is 5.11. The minimum absolute atomic E-state index is 0.756. The van der Waals surface area contributed by atoms with Gasteiger partial charge in [0.1, 0.15) is 6.07 Å². The summed E-state index contributed by atoms with van der Waals surface area (Å²) < 4.78 is 2.19. The zero-order chi connectivity index (χ0) is 12.7. The van der Waals surface area contributed by atoms with Crippen molar-refractivity contribution in [3.8, 4) is 6.07 Å². The van der Waals surface area contributed by atoms with E-state index in [1.165, 1.54) is 16.4 Å². The van der Waals surface area contributed by atoms with Crippen molar-refractivity contribution in [2.45, 2.75) is 4.90 Å². The first-order chi connectivity index (χ1) is 8.76. The average molecular weight is 252 g/mol. The van der Waals surface area contributed by atoms with Gasteiger partial charge in [-0.25, -0.2) is 0 Å². The van der Waals surface area contributed by atoms with Crippen molar-refractivity contribution in [1.82, 2.24) is 4.57 Å². The molecule has 2 aromatic carbocycles. The third kappa shape index (κ3) is 1.43. The van der Waals surface area contributed by atoms with Crippen LogP contribution in [0.1, 0.15) is 5.56 Å². The van der Waals surface area contributed by atoms with E-state index in [9.17, 15) is 5.26 Å². The fourth-order valence-corrected chi connectivity index (χ4v) is 3.00. The van der Waals surface area contributed by atoms with Gasteiger partial charge in [0, 0.05) is 28.2 Å². The zero-order valence-corrected chi connectivity index (χ0v) is 11.1. The summed E-state index contributed by atoms with van der Waals surface area (Å²) in [5.74, 6) is 0. The first-order valence-electron chi connectivity index (χ1n) is 5.71. The van der Waals surface area contributed by atoms with Crippen LogP contribution in [0, 0.1) is 11.3 Å². The molecule has 0 atom stereocenters. The van der Waals surface area contributed by atoms with Crippen LogP contribution in [0.4, 0.5) is 0 Å². The van der Waals surface area contributed by atoms with E-state index in [1.807, 2.05) is 24.5 Å². The minimum atomic E-state index is 0.756. The van der Waals surface area contributed by atoms with Gasteiger partial charge in [-0.05, 0) is 24.5 Å². The van der Waals surface area contributed by atoms with Crippen LogP contribution in [-0.2, 0) is 7.05 Å². The maximum atomic E-state index is 9.22. The Morgan fingerprint density at radius 3 is 2.61 bits per heavy atom. The van der Waals surface area contributed by atoms with Gasteiger partial charge in [-0.2, -0.15) is 5.26 Å². The Hall–Kier alpha value is -1.92. The summed E-state index contributed by atoms with van der Waals surface area (Å²) >= 11 is 1.62. The molecule has 0 saturated heterocycles. The van der Waals surface area contributed by atoms with Crippen LogP contribution in [0.25, 0.3) is 21.8 Å². The fourth-order valence-electron chi connectivity index (χ4n) is 2.44. The normalized spacial score (nSPS) is 10.9. The SMILES string of the molecule is CSc1cc2c(cc1C#N)c1ccccc1n2C. The lowest BCUT2D eigenvalue weighted by Gasteiger charge is -2.02. The maximum Gasteiger partial charge on any atom is 0.100 e. The number of fused-ring (bicyclic) bond motifs is 3. The summed E-state index contributed by atoms with van der Waals surface area (Å²) in [6, 6.07) is 14.7. The highest BCUT2D eigenvalue weighted by atomic mass is 32.2. The number of thioether (sulfide) groups is 1. The van der Waals surface area contributed by atoms with Gasteiger partial charge >= 0.3 is 0 Å². The Morgan fingerprint density at radius 2 is 1.89 bits per heavy atom. The van der Waals surface area contributed by atoms with Crippen molar-refractivity contribution in [2.75, 3.05) is 6.26 Å². The van der Waals surface area contributed by atoms with Gasteiger partial charge in [0.05, 0.1) is 11.1 Å². The zero-order valence-electron chi connectivity index (χ0n) is 10.3. The molecule has 0 spiro atoms. The van der Waals surface area contributed by atoms with Crippen LogP contribution in [0.15, 0.2) is 41.3 Å². The summed E-state index contributed by atoms with van der Waals surface area (Å²) in [6.07, 6.45) is 2.00. The molecule has 0 aliphatic rings. The molecule has 0 radical (unpaired) electrons. The van der Waals surface area contributed by atoms with Gasteiger partial charge in [-0.3, -0.25) is 0 Å². The lowest BCUT2D eigenvalue weighted by molar-refractivity contribution is 1.01. The van der Waals surface area contributed by atoms with E-state index in [1.54, 1.807) is 11.8 Å². The Kier molecular flexibility index (Phi) is 2.53.